The molecule has 136 valence electrons. The van der Waals surface area contributed by atoms with Gasteiger partial charge in [-0.2, -0.15) is 0 Å². The highest BCUT2D eigenvalue weighted by Gasteiger charge is 2.23. The van der Waals surface area contributed by atoms with Gasteiger partial charge in [-0.15, -0.1) is 0 Å². The van der Waals surface area contributed by atoms with Crippen molar-refractivity contribution >= 4 is 24.3 Å². The summed E-state index contributed by atoms with van der Waals surface area (Å²) in [5.41, 5.74) is -2.27. The van der Waals surface area contributed by atoms with Crippen LogP contribution in [0.2, 0.25) is 0 Å². The lowest BCUT2D eigenvalue weighted by molar-refractivity contribution is -0.384. The molecule has 13 heteroatoms. The predicted molar refractivity (Wildman–Crippen MR) is 89.4 cm³/mol. The number of fused-ring (bicyclic) bond motifs is 1. The van der Waals surface area contributed by atoms with Gasteiger partial charge in [0.1, 0.15) is 12.0 Å². The van der Waals surface area contributed by atoms with Crippen LogP contribution in [-0.4, -0.2) is 33.8 Å². The van der Waals surface area contributed by atoms with Gasteiger partial charge >= 0.3 is 18.7 Å². The van der Waals surface area contributed by atoms with E-state index in [-0.39, 0.29) is 22.4 Å². The van der Waals surface area contributed by atoms with Crippen LogP contribution in [0.4, 0.5) is 5.69 Å². The Balaban J connectivity index is 2.43. The fourth-order valence-electron chi connectivity index (χ4n) is 2.53. The van der Waals surface area contributed by atoms with Gasteiger partial charge in [0.05, 0.1) is 28.0 Å². The van der Waals surface area contributed by atoms with E-state index in [9.17, 15) is 34.1 Å². The van der Waals surface area contributed by atoms with Gasteiger partial charge in [-0.05, 0) is 13.0 Å². The third-order valence-electron chi connectivity index (χ3n) is 3.58. The van der Waals surface area contributed by atoms with Crippen LogP contribution < -0.4 is 11.1 Å². The summed E-state index contributed by atoms with van der Waals surface area (Å²) in [5, 5.41) is 11.4. The zero-order chi connectivity index (χ0) is 19.2. The number of nitrogens with zero attached hydrogens (tertiary/aromatic N) is 4. The molecule has 2 heterocycles. The van der Waals surface area contributed by atoms with Crippen LogP contribution in [0.5, 0.6) is 0 Å². The van der Waals surface area contributed by atoms with Crippen LogP contribution in [0.15, 0.2) is 34.2 Å². The summed E-state index contributed by atoms with van der Waals surface area (Å²) in [6.45, 7) is 1.67. The first-order valence-electron chi connectivity index (χ1n) is 7.07. The number of hydrogen-bond donors (Lipinski definition) is 3. The minimum atomic E-state index is -4.70. The molecule has 3 rings (SSSR count). The van der Waals surface area contributed by atoms with Gasteiger partial charge in [0.15, 0.2) is 0 Å². The van der Waals surface area contributed by atoms with Crippen molar-refractivity contribution in [3.8, 4) is 5.69 Å². The normalized spacial score (nSPS) is 11.8. The minimum Gasteiger partial charge on any atom is -0.323 e. The van der Waals surface area contributed by atoms with E-state index in [2.05, 4.69) is 9.97 Å². The fourth-order valence-corrected chi connectivity index (χ4v) is 3.18. The van der Waals surface area contributed by atoms with Gasteiger partial charge in [-0.1, -0.05) is 0 Å². The van der Waals surface area contributed by atoms with Gasteiger partial charge in [0, 0.05) is 12.3 Å². The molecule has 3 N–H and O–H groups in total. The number of benzene rings is 1. The number of H-pyrrole nitrogens is 1. The minimum absolute atomic E-state index is 0.0222. The van der Waals surface area contributed by atoms with Crippen molar-refractivity contribution in [3.05, 3.63) is 61.2 Å². The van der Waals surface area contributed by atoms with E-state index >= 15 is 0 Å². The fraction of sp³-hybridized carbons (Fsp3) is 0.154. The standard InChI is InChI=1S/C13H12N5O7P/c1-7-4-16(5-14-7)10-3-9-8(2-11(10)18(21)22)15-12(19)13(20)17(9)6-26(23,24)25/h2-5H,6H2,1H3,(H,15,19)(H2,23,24,25). The number of aromatic amines is 1. The molecular weight excluding hydrogens is 369 g/mol. The number of nitrogens with one attached hydrogen (secondary N) is 1. The summed E-state index contributed by atoms with van der Waals surface area (Å²) in [4.78, 5) is 59.1. The Morgan fingerprint density at radius 3 is 2.58 bits per heavy atom. The average molecular weight is 381 g/mol. The Hall–Kier alpha value is -3.08. The maximum Gasteiger partial charge on any atom is 0.345 e. The van der Waals surface area contributed by atoms with E-state index in [1.807, 2.05) is 0 Å². The first-order chi connectivity index (χ1) is 12.1. The van der Waals surface area contributed by atoms with Gasteiger partial charge in [-0.25, -0.2) is 4.98 Å². The van der Waals surface area contributed by atoms with Crippen molar-refractivity contribution in [1.82, 2.24) is 19.1 Å². The van der Waals surface area contributed by atoms with Crippen LogP contribution in [0, 0.1) is 17.0 Å². The number of nitro benzene ring substituents is 1. The highest BCUT2D eigenvalue weighted by atomic mass is 31.2. The van der Waals surface area contributed by atoms with E-state index in [4.69, 9.17) is 0 Å². The number of hydrogen-bond acceptors (Lipinski definition) is 6. The summed E-state index contributed by atoms with van der Waals surface area (Å²) in [6, 6.07) is 2.22. The molecule has 0 fully saturated rings. The smallest absolute Gasteiger partial charge is 0.323 e. The Morgan fingerprint density at radius 2 is 2.04 bits per heavy atom. The molecule has 3 aromatic rings. The maximum atomic E-state index is 12.1. The molecule has 2 aromatic heterocycles. The number of aromatic nitrogens is 4. The summed E-state index contributed by atoms with van der Waals surface area (Å²) in [5.74, 6) is 0. The van der Waals surface area contributed by atoms with Crippen molar-refractivity contribution in [2.24, 2.45) is 0 Å². The van der Waals surface area contributed by atoms with E-state index in [1.165, 1.54) is 23.2 Å². The molecule has 0 aliphatic carbocycles. The Bertz CT molecular complexity index is 1200. The van der Waals surface area contributed by atoms with Crippen LogP contribution in [0.3, 0.4) is 0 Å². The van der Waals surface area contributed by atoms with Crippen molar-refractivity contribution in [2.75, 3.05) is 0 Å². The molecule has 0 unspecified atom stereocenters. The topological polar surface area (TPSA) is 173 Å². The lowest BCUT2D eigenvalue weighted by atomic mass is 10.2. The molecule has 0 saturated heterocycles. The van der Waals surface area contributed by atoms with Gasteiger partial charge in [0.2, 0.25) is 0 Å². The van der Waals surface area contributed by atoms with E-state index in [0.717, 1.165) is 6.07 Å². The van der Waals surface area contributed by atoms with Crippen LogP contribution in [0.1, 0.15) is 5.69 Å². The molecular formula is C13H12N5O7P. The van der Waals surface area contributed by atoms with Crippen LogP contribution in [0.25, 0.3) is 16.7 Å². The highest BCUT2D eigenvalue weighted by molar-refractivity contribution is 7.50. The first kappa shape index (κ1) is 17.7. The van der Waals surface area contributed by atoms with Gasteiger partial charge in [-0.3, -0.25) is 33.4 Å². The Labute approximate surface area is 143 Å². The molecule has 0 bridgehead atoms. The molecule has 0 amide bonds. The first-order valence-corrected chi connectivity index (χ1v) is 8.87. The predicted octanol–water partition coefficient (Wildman–Crippen LogP) is 0.227. The lowest BCUT2D eigenvalue weighted by Crippen LogP contribution is -2.36. The van der Waals surface area contributed by atoms with Crippen molar-refractivity contribution in [3.63, 3.8) is 0 Å². The Kier molecular flexibility index (Phi) is 4.11. The maximum absolute atomic E-state index is 12.1. The molecule has 12 nitrogen and oxygen atoms in total. The lowest BCUT2D eigenvalue weighted by Gasteiger charge is -2.12. The number of nitro groups is 1. The van der Waals surface area contributed by atoms with E-state index < -0.39 is 29.9 Å². The van der Waals surface area contributed by atoms with E-state index in [1.54, 1.807) is 6.92 Å². The second kappa shape index (κ2) is 6.02. The van der Waals surface area contributed by atoms with Gasteiger partial charge < -0.3 is 14.8 Å². The average Bonchev–Trinajstić information content (AvgIpc) is 2.96. The monoisotopic (exact) mass is 381 g/mol. The number of rotatable bonds is 4. The van der Waals surface area contributed by atoms with Crippen molar-refractivity contribution in [2.45, 2.75) is 13.2 Å². The SMILES string of the molecule is Cc1cn(-c2cc3c(cc2[N+](=O)[O-])[nH]c(=O)c(=O)n3CP(=O)(O)O)cn1. The van der Waals surface area contributed by atoms with Gasteiger partial charge in [0.25, 0.3) is 5.69 Å². The quantitative estimate of drug-likeness (QED) is 0.249. The van der Waals surface area contributed by atoms with E-state index in [0.29, 0.717) is 10.3 Å². The molecule has 0 spiro atoms. The van der Waals surface area contributed by atoms with Crippen molar-refractivity contribution < 1.29 is 19.3 Å². The Morgan fingerprint density at radius 1 is 1.35 bits per heavy atom. The molecule has 0 aliphatic rings. The molecule has 0 radical (unpaired) electrons. The summed E-state index contributed by atoms with van der Waals surface area (Å²) in [6.07, 6.45) is 1.79. The second-order valence-electron chi connectivity index (χ2n) is 5.53. The third-order valence-corrected chi connectivity index (χ3v) is 4.23. The molecule has 26 heavy (non-hydrogen) atoms. The molecule has 0 saturated carbocycles. The van der Waals surface area contributed by atoms with Crippen LogP contribution >= 0.6 is 7.60 Å². The number of aryl methyl sites for hydroxylation is 1. The number of imidazole rings is 1. The summed E-state index contributed by atoms with van der Waals surface area (Å²) in [7, 11) is -4.70. The molecule has 0 aliphatic heterocycles. The zero-order valence-electron chi connectivity index (χ0n) is 13.2. The molecule has 1 aromatic carbocycles. The van der Waals surface area contributed by atoms with Crippen molar-refractivity contribution in [1.29, 1.82) is 0 Å². The second-order valence-corrected chi connectivity index (χ2v) is 7.14. The third kappa shape index (κ3) is 3.20. The summed E-state index contributed by atoms with van der Waals surface area (Å²) >= 11 is 0. The highest BCUT2D eigenvalue weighted by Crippen LogP contribution is 2.37. The zero-order valence-corrected chi connectivity index (χ0v) is 14.1. The van der Waals surface area contributed by atoms with Crippen LogP contribution in [-0.2, 0) is 10.9 Å². The summed E-state index contributed by atoms with van der Waals surface area (Å²) < 4.78 is 13.3. The molecule has 0 atom stereocenters. The largest absolute Gasteiger partial charge is 0.345 e.